The molecule has 0 amide bonds. The van der Waals surface area contributed by atoms with E-state index in [9.17, 15) is 9.59 Å². The van der Waals surface area contributed by atoms with Crippen molar-refractivity contribution in [2.75, 3.05) is 20.1 Å². The number of nitrogens with zero attached hydrogens (tertiary/aromatic N) is 1. The minimum atomic E-state index is -0.998. The minimum absolute atomic E-state index is 0.0195. The van der Waals surface area contributed by atoms with Gasteiger partial charge in [-0.05, 0) is 46.0 Å². The van der Waals surface area contributed by atoms with Gasteiger partial charge in [-0.1, -0.05) is 30.0 Å². The zero-order valence-corrected chi connectivity index (χ0v) is 14.1. The highest BCUT2D eigenvalue weighted by atomic mass is 16.4. The molecular weight excluding hydrogens is 290 g/mol. The fourth-order valence-electron chi connectivity index (χ4n) is 1.75. The van der Waals surface area contributed by atoms with E-state index in [1.807, 2.05) is 38.8 Å². The summed E-state index contributed by atoms with van der Waals surface area (Å²) >= 11 is 0. The van der Waals surface area contributed by atoms with Gasteiger partial charge in [0, 0.05) is 17.5 Å². The van der Waals surface area contributed by atoms with Crippen LogP contribution in [-0.4, -0.2) is 41.9 Å². The van der Waals surface area contributed by atoms with Crippen molar-refractivity contribution in [3.05, 3.63) is 47.5 Å². The molecule has 0 fully saturated rings. The van der Waals surface area contributed by atoms with Crippen molar-refractivity contribution in [1.82, 2.24) is 4.90 Å². The van der Waals surface area contributed by atoms with Gasteiger partial charge in [-0.15, -0.1) is 0 Å². The van der Waals surface area contributed by atoms with Crippen LogP contribution < -0.4 is 0 Å². The number of Topliss-reactive ketones (excluding diaryl/α,β-unsaturated/α-hetero) is 1. The molecule has 0 atom stereocenters. The first kappa shape index (κ1) is 18.7. The molecule has 0 aliphatic heterocycles. The molecule has 0 aliphatic carbocycles. The molecule has 4 heteroatoms. The number of likely N-dealkylation sites (N-methyl/N-ethyl adjacent to an activating group) is 1. The number of ketones is 1. The summed E-state index contributed by atoms with van der Waals surface area (Å²) in [6.45, 7) is 7.04. The molecule has 0 aliphatic rings. The summed E-state index contributed by atoms with van der Waals surface area (Å²) in [4.78, 5) is 24.8. The van der Waals surface area contributed by atoms with E-state index < -0.39 is 5.97 Å². The van der Waals surface area contributed by atoms with Gasteiger partial charge in [-0.2, -0.15) is 0 Å². The Morgan fingerprint density at radius 1 is 1.17 bits per heavy atom. The Morgan fingerprint density at radius 2 is 1.74 bits per heavy atom. The summed E-state index contributed by atoms with van der Waals surface area (Å²) in [6.07, 6.45) is 3.72. The first-order valence-electron chi connectivity index (χ1n) is 7.42. The summed E-state index contributed by atoms with van der Waals surface area (Å²) < 4.78 is 0. The highest BCUT2D eigenvalue weighted by molar-refractivity contribution is 5.98. The summed E-state index contributed by atoms with van der Waals surface area (Å²) in [6, 6.07) is 5.98. The van der Waals surface area contributed by atoms with Crippen molar-refractivity contribution in [1.29, 1.82) is 0 Å². The number of carbonyl (C=O) groups is 2. The summed E-state index contributed by atoms with van der Waals surface area (Å²) in [5, 5.41) is 8.84. The highest BCUT2D eigenvalue weighted by Crippen LogP contribution is 2.09. The highest BCUT2D eigenvalue weighted by Gasteiger charge is 2.10. The Kier molecular flexibility index (Phi) is 6.74. The van der Waals surface area contributed by atoms with Gasteiger partial charge in [0.15, 0.2) is 5.78 Å². The largest absolute Gasteiger partial charge is 0.478 e. The molecule has 23 heavy (non-hydrogen) atoms. The number of carbonyl (C=O) groups excluding carboxylic acids is 1. The van der Waals surface area contributed by atoms with Crippen molar-refractivity contribution in [2.24, 2.45) is 5.41 Å². The van der Waals surface area contributed by atoms with Gasteiger partial charge < -0.3 is 5.11 Å². The van der Waals surface area contributed by atoms with E-state index in [4.69, 9.17) is 5.11 Å². The number of carboxylic acid groups (broad SMARTS) is 1. The van der Waals surface area contributed by atoms with E-state index in [2.05, 4.69) is 11.8 Å². The Morgan fingerprint density at radius 3 is 2.26 bits per heavy atom. The fourth-order valence-corrected chi connectivity index (χ4v) is 1.75. The maximum absolute atomic E-state index is 12.1. The van der Waals surface area contributed by atoms with Crippen LogP contribution in [0.2, 0.25) is 0 Å². The van der Waals surface area contributed by atoms with E-state index in [-0.39, 0.29) is 23.3 Å². The van der Waals surface area contributed by atoms with Crippen LogP contribution in [0.4, 0.5) is 0 Å². The predicted octanol–water partition coefficient (Wildman–Crippen LogP) is 3.11. The molecule has 1 aromatic rings. The van der Waals surface area contributed by atoms with Gasteiger partial charge in [0.2, 0.25) is 0 Å². The number of hydrogen-bond donors (Lipinski definition) is 1. The van der Waals surface area contributed by atoms with Crippen LogP contribution in [0.15, 0.2) is 36.4 Å². The molecule has 1 rings (SSSR count). The van der Waals surface area contributed by atoms with Crippen LogP contribution in [0.5, 0.6) is 0 Å². The fraction of sp³-hybridized carbons (Fsp3) is 0.368. The van der Waals surface area contributed by atoms with Gasteiger partial charge in [0.1, 0.15) is 0 Å². The molecule has 1 aromatic carbocycles. The van der Waals surface area contributed by atoms with Crippen LogP contribution in [0, 0.1) is 17.3 Å². The van der Waals surface area contributed by atoms with Gasteiger partial charge in [-0.3, -0.25) is 9.69 Å². The average molecular weight is 313 g/mol. The van der Waals surface area contributed by atoms with E-state index in [1.54, 1.807) is 18.2 Å². The van der Waals surface area contributed by atoms with Crippen LogP contribution >= 0.6 is 0 Å². The van der Waals surface area contributed by atoms with Crippen molar-refractivity contribution in [3.8, 4) is 11.8 Å². The zero-order valence-electron chi connectivity index (χ0n) is 14.1. The number of hydrogen-bond acceptors (Lipinski definition) is 3. The molecule has 122 valence electrons. The lowest BCUT2D eigenvalue weighted by atomic mass is 9.98. The zero-order chi connectivity index (χ0) is 17.5. The van der Waals surface area contributed by atoms with Crippen molar-refractivity contribution < 1.29 is 14.7 Å². The maximum Gasteiger partial charge on any atom is 0.335 e. The van der Waals surface area contributed by atoms with E-state index in [0.717, 1.165) is 0 Å². The standard InChI is InChI=1S/C19H23NO3/c1-19(2,3)12-6-5-7-13-20(4)14-17(21)15-8-10-16(11-9-15)18(22)23/h5,7-11H,13-14H2,1-4H3,(H,22,23)/b7-5+. The van der Waals surface area contributed by atoms with Crippen molar-refractivity contribution >= 4 is 11.8 Å². The first-order chi connectivity index (χ1) is 10.7. The van der Waals surface area contributed by atoms with Crippen molar-refractivity contribution in [3.63, 3.8) is 0 Å². The normalized spacial score (nSPS) is 11.3. The Bertz CT molecular complexity index is 640. The van der Waals surface area contributed by atoms with Gasteiger partial charge >= 0.3 is 5.97 Å². The first-order valence-corrected chi connectivity index (χ1v) is 7.42. The third kappa shape index (κ3) is 7.44. The second kappa shape index (κ2) is 8.30. The second-order valence-electron chi connectivity index (χ2n) is 6.42. The molecule has 0 saturated carbocycles. The Labute approximate surface area is 137 Å². The van der Waals surface area contributed by atoms with Crippen LogP contribution in [0.3, 0.4) is 0 Å². The molecule has 0 aromatic heterocycles. The lowest BCUT2D eigenvalue weighted by molar-refractivity contribution is 0.0696. The summed E-state index contributed by atoms with van der Waals surface area (Å²) in [5.74, 6) is 5.05. The summed E-state index contributed by atoms with van der Waals surface area (Å²) in [5.41, 5.74) is 0.669. The minimum Gasteiger partial charge on any atom is -0.478 e. The number of carboxylic acids is 1. The topological polar surface area (TPSA) is 57.6 Å². The van der Waals surface area contributed by atoms with Gasteiger partial charge in [0.25, 0.3) is 0 Å². The van der Waals surface area contributed by atoms with E-state index in [1.165, 1.54) is 12.1 Å². The van der Waals surface area contributed by atoms with Gasteiger partial charge in [0.05, 0.1) is 12.1 Å². The smallest absolute Gasteiger partial charge is 0.335 e. The molecule has 0 bridgehead atoms. The van der Waals surface area contributed by atoms with Gasteiger partial charge in [-0.25, -0.2) is 4.79 Å². The third-order valence-corrected chi connectivity index (χ3v) is 2.93. The van der Waals surface area contributed by atoms with Crippen LogP contribution in [0.1, 0.15) is 41.5 Å². The number of allylic oxidation sites excluding steroid dienone is 1. The summed E-state index contributed by atoms with van der Waals surface area (Å²) in [7, 11) is 1.85. The van der Waals surface area contributed by atoms with Crippen LogP contribution in [-0.2, 0) is 0 Å². The van der Waals surface area contributed by atoms with E-state index in [0.29, 0.717) is 12.1 Å². The molecule has 4 nitrogen and oxygen atoms in total. The third-order valence-electron chi connectivity index (χ3n) is 2.93. The predicted molar refractivity (Wildman–Crippen MR) is 91.6 cm³/mol. The SMILES string of the molecule is CN(C/C=C/C#CC(C)(C)C)CC(=O)c1ccc(C(=O)O)cc1. The number of benzene rings is 1. The molecule has 0 heterocycles. The second-order valence-corrected chi connectivity index (χ2v) is 6.42. The Balaban J connectivity index is 2.51. The number of aromatic carboxylic acids is 1. The number of rotatable bonds is 6. The molecular formula is C19H23NO3. The van der Waals surface area contributed by atoms with Crippen LogP contribution in [0.25, 0.3) is 0 Å². The molecule has 0 spiro atoms. The molecule has 1 N–H and O–H groups in total. The van der Waals surface area contributed by atoms with Crippen molar-refractivity contribution in [2.45, 2.75) is 20.8 Å². The lowest BCUT2D eigenvalue weighted by Gasteiger charge is -2.13. The molecule has 0 unspecified atom stereocenters. The quantitative estimate of drug-likeness (QED) is 0.647. The maximum atomic E-state index is 12.1. The average Bonchev–Trinajstić information content (AvgIpc) is 2.45. The lowest BCUT2D eigenvalue weighted by Crippen LogP contribution is -2.26. The monoisotopic (exact) mass is 313 g/mol. The van der Waals surface area contributed by atoms with E-state index >= 15 is 0 Å². The Hall–Kier alpha value is -2.38. The molecule has 0 radical (unpaired) electrons. The molecule has 0 saturated heterocycles.